The lowest BCUT2D eigenvalue weighted by atomic mass is 10.1. The van der Waals surface area contributed by atoms with Crippen LogP contribution >= 0.6 is 11.6 Å². The first kappa shape index (κ1) is 7.14. The van der Waals surface area contributed by atoms with Gasteiger partial charge in [0.2, 0.25) is 0 Å². The molecule has 0 saturated heterocycles. The number of aliphatic hydroxyl groups is 1. The fourth-order valence-corrected chi connectivity index (χ4v) is 1.83. The summed E-state index contributed by atoms with van der Waals surface area (Å²) in [6.45, 7) is 0. The molecule has 0 unspecified atom stereocenters. The van der Waals surface area contributed by atoms with Crippen molar-refractivity contribution in [1.29, 1.82) is 0 Å². The third-order valence-electron chi connectivity index (χ3n) is 2.13. The summed E-state index contributed by atoms with van der Waals surface area (Å²) in [7, 11) is 0. The van der Waals surface area contributed by atoms with Crippen LogP contribution in [0.1, 0.15) is 17.2 Å². The molecule has 0 aliphatic heterocycles. The lowest BCUT2D eigenvalue weighted by Crippen LogP contribution is -2.04. The summed E-state index contributed by atoms with van der Waals surface area (Å²) in [5, 5.41) is 9.39. The van der Waals surface area contributed by atoms with Crippen LogP contribution < -0.4 is 0 Å². The molecule has 0 radical (unpaired) electrons. The van der Waals surface area contributed by atoms with Crippen molar-refractivity contribution < 1.29 is 5.11 Å². The minimum atomic E-state index is -0.465. The Hall–Kier alpha value is -0.530. The second-order valence-corrected chi connectivity index (χ2v) is 3.42. The molecular weight excluding hydrogens is 160 g/mol. The molecule has 0 spiro atoms. The van der Waals surface area contributed by atoms with Gasteiger partial charge in [-0.05, 0) is 17.5 Å². The molecule has 1 N–H and O–H groups in total. The van der Waals surface area contributed by atoms with Crippen LogP contribution in [-0.2, 0) is 6.42 Å². The average Bonchev–Trinajstić information content (AvgIpc) is 2.30. The summed E-state index contributed by atoms with van der Waals surface area (Å²) < 4.78 is 0. The van der Waals surface area contributed by atoms with Crippen LogP contribution in [-0.4, -0.2) is 10.5 Å². The van der Waals surface area contributed by atoms with Crippen LogP contribution in [0.5, 0.6) is 0 Å². The van der Waals surface area contributed by atoms with Crippen LogP contribution in [0.15, 0.2) is 24.3 Å². The van der Waals surface area contributed by atoms with Crippen molar-refractivity contribution in [3.8, 4) is 0 Å². The summed E-state index contributed by atoms with van der Waals surface area (Å²) in [6.07, 6.45) is 0.326. The Morgan fingerprint density at radius 3 is 2.82 bits per heavy atom. The summed E-state index contributed by atoms with van der Waals surface area (Å²) in [4.78, 5) is 0. The minimum absolute atomic E-state index is 0.132. The molecule has 0 fully saturated rings. The van der Waals surface area contributed by atoms with Gasteiger partial charge in [-0.25, -0.2) is 0 Å². The zero-order valence-corrected chi connectivity index (χ0v) is 6.75. The third kappa shape index (κ3) is 1.05. The summed E-state index contributed by atoms with van der Waals surface area (Å²) in [5.74, 6) is 0. The van der Waals surface area contributed by atoms with Gasteiger partial charge in [0.25, 0.3) is 0 Å². The molecule has 1 aromatic rings. The molecule has 0 bridgehead atoms. The quantitative estimate of drug-likeness (QED) is 0.587. The highest BCUT2D eigenvalue weighted by Crippen LogP contribution is 2.34. The third-order valence-corrected chi connectivity index (χ3v) is 2.52. The van der Waals surface area contributed by atoms with Gasteiger partial charge in [-0.1, -0.05) is 24.3 Å². The van der Waals surface area contributed by atoms with Crippen LogP contribution in [0.3, 0.4) is 0 Å². The highest BCUT2D eigenvalue weighted by Gasteiger charge is 2.28. The van der Waals surface area contributed by atoms with E-state index in [4.69, 9.17) is 11.6 Å². The zero-order valence-electron chi connectivity index (χ0n) is 6.00. The first-order chi connectivity index (χ1) is 5.29. The van der Waals surface area contributed by atoms with Gasteiger partial charge < -0.3 is 5.11 Å². The van der Waals surface area contributed by atoms with Gasteiger partial charge in [-0.15, -0.1) is 11.6 Å². The monoisotopic (exact) mass is 168 g/mol. The predicted octanol–water partition coefficient (Wildman–Crippen LogP) is 1.88. The zero-order chi connectivity index (χ0) is 7.84. The van der Waals surface area contributed by atoms with Crippen molar-refractivity contribution in [2.45, 2.75) is 17.9 Å². The fourth-order valence-electron chi connectivity index (χ4n) is 1.53. The number of benzene rings is 1. The standard InChI is InChI=1S/C9H9ClO/c10-8-5-6-3-1-2-4-7(6)9(8)11/h1-4,8-9,11H,5H2/t8-,9-/m1/s1. The highest BCUT2D eigenvalue weighted by molar-refractivity contribution is 6.21. The molecule has 1 aliphatic rings. The molecule has 0 saturated carbocycles. The number of alkyl halides is 1. The number of aliphatic hydroxyl groups excluding tert-OH is 1. The maximum absolute atomic E-state index is 9.52. The van der Waals surface area contributed by atoms with Crippen molar-refractivity contribution in [3.05, 3.63) is 35.4 Å². The van der Waals surface area contributed by atoms with E-state index in [1.54, 1.807) is 0 Å². The van der Waals surface area contributed by atoms with Crippen LogP contribution in [0.4, 0.5) is 0 Å². The lowest BCUT2D eigenvalue weighted by molar-refractivity contribution is 0.183. The van der Waals surface area contributed by atoms with Gasteiger partial charge in [-0.2, -0.15) is 0 Å². The van der Waals surface area contributed by atoms with E-state index in [9.17, 15) is 5.11 Å². The SMILES string of the molecule is O[C@@H]1c2ccccc2C[C@H]1Cl. The largest absolute Gasteiger partial charge is 0.387 e. The van der Waals surface area contributed by atoms with Crippen molar-refractivity contribution in [2.24, 2.45) is 0 Å². The molecule has 11 heavy (non-hydrogen) atoms. The Labute approximate surface area is 70.6 Å². The maximum atomic E-state index is 9.52. The smallest absolute Gasteiger partial charge is 0.0959 e. The molecule has 1 nitrogen and oxygen atoms in total. The topological polar surface area (TPSA) is 20.2 Å². The first-order valence-corrected chi connectivity index (χ1v) is 4.12. The summed E-state index contributed by atoms with van der Waals surface area (Å²) in [5.41, 5.74) is 2.17. The van der Waals surface area contributed by atoms with Crippen molar-refractivity contribution in [3.63, 3.8) is 0 Å². The van der Waals surface area contributed by atoms with Gasteiger partial charge in [0.05, 0.1) is 11.5 Å². The molecule has 2 heteroatoms. The molecule has 0 heterocycles. The summed E-state index contributed by atoms with van der Waals surface area (Å²) >= 11 is 5.88. The molecule has 2 atom stereocenters. The van der Waals surface area contributed by atoms with Crippen LogP contribution in [0, 0.1) is 0 Å². The number of fused-ring (bicyclic) bond motifs is 1. The predicted molar refractivity (Wildman–Crippen MR) is 44.7 cm³/mol. The Morgan fingerprint density at radius 1 is 1.36 bits per heavy atom. The molecular formula is C9H9ClO. The van der Waals surface area contributed by atoms with E-state index in [-0.39, 0.29) is 5.38 Å². The van der Waals surface area contributed by atoms with Crippen molar-refractivity contribution >= 4 is 11.6 Å². The molecule has 1 aromatic carbocycles. The Morgan fingerprint density at radius 2 is 2.09 bits per heavy atom. The maximum Gasteiger partial charge on any atom is 0.0959 e. The fraction of sp³-hybridized carbons (Fsp3) is 0.333. The molecule has 1 aliphatic carbocycles. The number of hydrogen-bond donors (Lipinski definition) is 1. The van der Waals surface area contributed by atoms with Gasteiger partial charge >= 0.3 is 0 Å². The van der Waals surface area contributed by atoms with Crippen molar-refractivity contribution in [1.82, 2.24) is 0 Å². The summed E-state index contributed by atoms with van der Waals surface area (Å²) in [6, 6.07) is 7.85. The number of rotatable bonds is 0. The number of halogens is 1. The number of hydrogen-bond acceptors (Lipinski definition) is 1. The van der Waals surface area contributed by atoms with Crippen molar-refractivity contribution in [2.75, 3.05) is 0 Å². The van der Waals surface area contributed by atoms with Gasteiger partial charge in [0.15, 0.2) is 0 Å². The Kier molecular flexibility index (Phi) is 1.63. The Bertz CT molecular complexity index is 272. The molecule has 58 valence electrons. The first-order valence-electron chi connectivity index (χ1n) is 3.69. The van der Waals surface area contributed by atoms with Gasteiger partial charge in [0, 0.05) is 0 Å². The second kappa shape index (κ2) is 2.50. The van der Waals surface area contributed by atoms with Crippen LogP contribution in [0.25, 0.3) is 0 Å². The second-order valence-electron chi connectivity index (χ2n) is 2.86. The van der Waals surface area contributed by atoms with E-state index in [0.29, 0.717) is 0 Å². The van der Waals surface area contributed by atoms with E-state index in [0.717, 1.165) is 12.0 Å². The van der Waals surface area contributed by atoms with E-state index in [2.05, 4.69) is 0 Å². The van der Waals surface area contributed by atoms with E-state index in [1.165, 1.54) is 5.56 Å². The highest BCUT2D eigenvalue weighted by atomic mass is 35.5. The van der Waals surface area contributed by atoms with Gasteiger partial charge in [0.1, 0.15) is 0 Å². The molecule has 0 aromatic heterocycles. The average molecular weight is 169 g/mol. The van der Waals surface area contributed by atoms with E-state index >= 15 is 0 Å². The van der Waals surface area contributed by atoms with E-state index < -0.39 is 6.10 Å². The molecule has 2 rings (SSSR count). The molecule has 0 amide bonds. The lowest BCUT2D eigenvalue weighted by Gasteiger charge is -2.05. The minimum Gasteiger partial charge on any atom is -0.387 e. The van der Waals surface area contributed by atoms with E-state index in [1.807, 2.05) is 24.3 Å². The van der Waals surface area contributed by atoms with Gasteiger partial charge in [-0.3, -0.25) is 0 Å². The Balaban J connectivity index is 2.47. The van der Waals surface area contributed by atoms with Crippen LogP contribution in [0.2, 0.25) is 0 Å². The normalized spacial score (nSPS) is 28.5.